The number of rotatable bonds is 4. The van der Waals surface area contributed by atoms with Crippen LogP contribution in [0.4, 0.5) is 0 Å². The quantitative estimate of drug-likeness (QED) is 0.821. The summed E-state index contributed by atoms with van der Waals surface area (Å²) >= 11 is 0. The third kappa shape index (κ3) is 4.56. The highest BCUT2D eigenvalue weighted by Gasteiger charge is 2.41. The molecule has 0 bridgehead atoms. The maximum Gasteiger partial charge on any atom is 0.290 e. The van der Waals surface area contributed by atoms with Crippen molar-refractivity contribution in [1.82, 2.24) is 24.6 Å². The number of fused-ring (bicyclic) bond motifs is 1. The van der Waals surface area contributed by atoms with E-state index >= 15 is 0 Å². The highest BCUT2D eigenvalue weighted by atomic mass is 16.3. The summed E-state index contributed by atoms with van der Waals surface area (Å²) in [6.45, 7) is 5.80. The fraction of sp³-hybridized carbons (Fsp3) is 0.765. The molecule has 25 heavy (non-hydrogen) atoms. The second kappa shape index (κ2) is 8.42. The molecule has 1 aromatic rings. The van der Waals surface area contributed by atoms with E-state index in [0.717, 1.165) is 31.8 Å². The number of piperidine rings is 1. The number of amides is 1. The zero-order valence-corrected chi connectivity index (χ0v) is 15.5. The molecule has 0 unspecified atom stereocenters. The molecule has 0 radical (unpaired) electrons. The topological polar surface area (TPSA) is 91.6 Å². The third-order valence-corrected chi connectivity index (χ3v) is 5.41. The van der Waals surface area contributed by atoms with Crippen LogP contribution >= 0.6 is 0 Å². The van der Waals surface area contributed by atoms with Gasteiger partial charge in [0.25, 0.3) is 6.47 Å². The first-order chi connectivity index (χ1) is 11.9. The van der Waals surface area contributed by atoms with Crippen LogP contribution in [0.5, 0.6) is 0 Å². The summed E-state index contributed by atoms with van der Waals surface area (Å²) < 4.78 is 2.13. The normalized spacial score (nSPS) is 25.8. The van der Waals surface area contributed by atoms with Crippen molar-refractivity contribution >= 4 is 12.4 Å². The minimum absolute atomic E-state index is 0.250. The molecule has 1 saturated carbocycles. The highest BCUT2D eigenvalue weighted by Crippen LogP contribution is 2.40. The zero-order valence-electron chi connectivity index (χ0n) is 15.5. The lowest BCUT2D eigenvalue weighted by molar-refractivity contribution is -0.135. The van der Waals surface area contributed by atoms with E-state index in [4.69, 9.17) is 9.90 Å². The van der Waals surface area contributed by atoms with Gasteiger partial charge in [0, 0.05) is 32.1 Å². The molecule has 1 aromatic heterocycles. The van der Waals surface area contributed by atoms with Gasteiger partial charge in [-0.3, -0.25) is 14.5 Å². The van der Waals surface area contributed by atoms with Crippen LogP contribution < -0.4 is 0 Å². The monoisotopic (exact) mass is 351 g/mol. The first kappa shape index (κ1) is 19.4. The lowest BCUT2D eigenvalue weighted by Crippen LogP contribution is -2.39. The number of hydrogen-bond acceptors (Lipinski definition) is 5. The van der Waals surface area contributed by atoms with Crippen LogP contribution in [0.25, 0.3) is 0 Å². The summed E-state index contributed by atoms with van der Waals surface area (Å²) in [6.07, 6.45) is 4.87. The Balaban J connectivity index is 0.000000701. The molecule has 0 aromatic carbocycles. The number of likely N-dealkylation sites (tertiary alicyclic amines) is 1. The summed E-state index contributed by atoms with van der Waals surface area (Å²) in [6, 6.07) is 0.933. The summed E-state index contributed by atoms with van der Waals surface area (Å²) in [5.41, 5.74) is 0. The van der Waals surface area contributed by atoms with Crippen molar-refractivity contribution in [2.24, 2.45) is 11.8 Å². The van der Waals surface area contributed by atoms with Gasteiger partial charge in [0.1, 0.15) is 12.2 Å². The van der Waals surface area contributed by atoms with E-state index < -0.39 is 0 Å². The van der Waals surface area contributed by atoms with Crippen LogP contribution in [0.15, 0.2) is 6.33 Å². The maximum absolute atomic E-state index is 11.9. The van der Waals surface area contributed by atoms with Crippen molar-refractivity contribution in [2.45, 2.75) is 51.7 Å². The number of carbonyl (C=O) groups is 2. The van der Waals surface area contributed by atoms with E-state index in [2.05, 4.69) is 40.6 Å². The molecule has 2 heterocycles. The average molecular weight is 351 g/mol. The minimum Gasteiger partial charge on any atom is -0.483 e. The molecule has 2 aliphatic rings. The second-order valence-electron chi connectivity index (χ2n) is 7.39. The fourth-order valence-electron chi connectivity index (χ4n) is 4.01. The minimum atomic E-state index is -0.250. The molecule has 1 amide bonds. The van der Waals surface area contributed by atoms with Gasteiger partial charge in [-0.1, -0.05) is 0 Å². The van der Waals surface area contributed by atoms with Gasteiger partial charge >= 0.3 is 0 Å². The van der Waals surface area contributed by atoms with Crippen LogP contribution in [0, 0.1) is 11.8 Å². The number of carboxylic acid groups (broad SMARTS) is 1. The Labute approximate surface area is 148 Å². The second-order valence-corrected chi connectivity index (χ2v) is 7.39. The summed E-state index contributed by atoms with van der Waals surface area (Å²) in [7, 11) is 4.10. The van der Waals surface area contributed by atoms with Crippen molar-refractivity contribution in [3.05, 3.63) is 12.2 Å². The summed E-state index contributed by atoms with van der Waals surface area (Å²) in [4.78, 5) is 24.5. The van der Waals surface area contributed by atoms with Crippen molar-refractivity contribution < 1.29 is 14.7 Å². The van der Waals surface area contributed by atoms with Crippen molar-refractivity contribution in [3.8, 4) is 0 Å². The van der Waals surface area contributed by atoms with Crippen molar-refractivity contribution in [3.63, 3.8) is 0 Å². The van der Waals surface area contributed by atoms with Gasteiger partial charge in [0.15, 0.2) is 0 Å². The highest BCUT2D eigenvalue weighted by molar-refractivity contribution is 5.77. The first-order valence-corrected chi connectivity index (χ1v) is 8.77. The lowest BCUT2D eigenvalue weighted by Gasteiger charge is -2.31. The van der Waals surface area contributed by atoms with Crippen LogP contribution in [0.3, 0.4) is 0 Å². The van der Waals surface area contributed by atoms with Crippen LogP contribution in [-0.2, 0) is 16.1 Å². The van der Waals surface area contributed by atoms with Crippen LogP contribution in [0.2, 0.25) is 0 Å². The average Bonchev–Trinajstić information content (AvgIpc) is 3.15. The van der Waals surface area contributed by atoms with Gasteiger partial charge in [0.05, 0.1) is 6.54 Å². The molecule has 1 saturated heterocycles. The van der Waals surface area contributed by atoms with Gasteiger partial charge in [-0.2, -0.15) is 0 Å². The molecule has 1 aliphatic heterocycles. The van der Waals surface area contributed by atoms with Gasteiger partial charge < -0.3 is 14.6 Å². The number of hydrogen-bond donors (Lipinski definition) is 1. The molecule has 8 heteroatoms. The van der Waals surface area contributed by atoms with Gasteiger partial charge in [-0.25, -0.2) is 0 Å². The van der Waals surface area contributed by atoms with E-state index in [1.54, 1.807) is 0 Å². The maximum atomic E-state index is 11.9. The SMILES string of the molecule is CC(C)n1cnnc1CN(C)[C@H]1C[C@H]2CC(=O)N(C)C[C@H]2C1.O=CO. The molecule has 1 N–H and O–H groups in total. The molecule has 3 rings (SSSR count). The third-order valence-electron chi connectivity index (χ3n) is 5.41. The van der Waals surface area contributed by atoms with Crippen molar-refractivity contribution in [1.29, 1.82) is 0 Å². The lowest BCUT2D eigenvalue weighted by atomic mass is 9.88. The molecule has 140 valence electrons. The largest absolute Gasteiger partial charge is 0.483 e. The van der Waals surface area contributed by atoms with E-state index in [-0.39, 0.29) is 6.47 Å². The predicted octanol–water partition coefficient (Wildman–Crippen LogP) is 1.25. The van der Waals surface area contributed by atoms with E-state index in [9.17, 15) is 4.79 Å². The van der Waals surface area contributed by atoms with E-state index in [1.165, 1.54) is 6.42 Å². The van der Waals surface area contributed by atoms with Gasteiger partial charge in [-0.05, 0) is 45.6 Å². The summed E-state index contributed by atoms with van der Waals surface area (Å²) in [5.74, 6) is 2.57. The number of carbonyl (C=O) groups excluding carboxylic acids is 1. The number of nitrogens with zero attached hydrogens (tertiary/aromatic N) is 5. The Morgan fingerprint density at radius 1 is 1.40 bits per heavy atom. The first-order valence-electron chi connectivity index (χ1n) is 8.77. The smallest absolute Gasteiger partial charge is 0.290 e. The molecular weight excluding hydrogens is 322 g/mol. The molecule has 0 spiro atoms. The molecule has 2 fully saturated rings. The molecule has 3 atom stereocenters. The van der Waals surface area contributed by atoms with E-state index in [0.29, 0.717) is 29.8 Å². The Hall–Kier alpha value is -1.96. The summed E-state index contributed by atoms with van der Waals surface area (Å²) in [5, 5.41) is 15.2. The van der Waals surface area contributed by atoms with Gasteiger partial charge in [-0.15, -0.1) is 10.2 Å². The standard InChI is InChI=1S/C16H27N5O.CH2O2/c1-11(2)21-10-17-18-15(21)9-19(3)14-5-12-7-16(22)20(4)8-13(12)6-14;2-1-3/h10-14H,5-9H2,1-4H3;1H,(H,2,3)/t12-,13+,14-;/m0./s1. The Morgan fingerprint density at radius 3 is 2.68 bits per heavy atom. The Bertz CT molecular complexity index is 589. The van der Waals surface area contributed by atoms with Crippen LogP contribution in [-0.4, -0.2) is 68.7 Å². The van der Waals surface area contributed by atoms with Gasteiger partial charge in [0.2, 0.25) is 5.91 Å². The fourth-order valence-corrected chi connectivity index (χ4v) is 4.01. The van der Waals surface area contributed by atoms with E-state index in [1.807, 2.05) is 18.3 Å². The molecule has 1 aliphatic carbocycles. The number of aromatic nitrogens is 3. The van der Waals surface area contributed by atoms with Crippen molar-refractivity contribution in [2.75, 3.05) is 20.6 Å². The Kier molecular flexibility index (Phi) is 6.52. The molecular formula is C17H29N5O3. The van der Waals surface area contributed by atoms with Crippen LogP contribution in [0.1, 0.15) is 45.0 Å². The molecule has 8 nitrogen and oxygen atoms in total. The predicted molar refractivity (Wildman–Crippen MR) is 92.8 cm³/mol. The zero-order chi connectivity index (χ0) is 18.6. The Morgan fingerprint density at radius 2 is 2.04 bits per heavy atom.